The van der Waals surface area contributed by atoms with Gasteiger partial charge in [-0.2, -0.15) is 0 Å². The number of carbonyl (C=O) groups excluding carboxylic acids is 2. The van der Waals surface area contributed by atoms with E-state index < -0.39 is 0 Å². The van der Waals surface area contributed by atoms with Gasteiger partial charge in [-0.15, -0.1) is 11.3 Å². The summed E-state index contributed by atoms with van der Waals surface area (Å²) in [5, 5.41) is 8.41. The molecule has 22 heavy (non-hydrogen) atoms. The molecule has 0 radical (unpaired) electrons. The smallest absolute Gasteiger partial charge is 0.234 e. The van der Waals surface area contributed by atoms with Gasteiger partial charge in [0, 0.05) is 44.2 Å². The highest BCUT2D eigenvalue weighted by Gasteiger charge is 2.25. The maximum atomic E-state index is 11.9. The lowest BCUT2D eigenvalue weighted by molar-refractivity contribution is -0.124. The van der Waals surface area contributed by atoms with Crippen LogP contribution in [0.25, 0.3) is 0 Å². The predicted octanol–water partition coefficient (Wildman–Crippen LogP) is 0.0771. The highest BCUT2D eigenvalue weighted by Crippen LogP contribution is 2.24. The van der Waals surface area contributed by atoms with Crippen LogP contribution in [0, 0.1) is 6.92 Å². The Balaban J connectivity index is 1.73. The van der Waals surface area contributed by atoms with Gasteiger partial charge in [0.15, 0.2) is 0 Å². The molecule has 1 aromatic heterocycles. The van der Waals surface area contributed by atoms with E-state index in [4.69, 9.17) is 4.74 Å². The molecule has 1 aliphatic heterocycles. The van der Waals surface area contributed by atoms with Crippen LogP contribution in [0.1, 0.15) is 23.7 Å². The zero-order valence-electron chi connectivity index (χ0n) is 12.9. The minimum atomic E-state index is -0.0935. The Morgan fingerprint density at radius 2 is 2.23 bits per heavy atom. The molecule has 0 unspecified atom stereocenters. The van der Waals surface area contributed by atoms with E-state index in [2.05, 4.69) is 20.5 Å². The molecule has 1 fully saturated rings. The van der Waals surface area contributed by atoms with Crippen molar-refractivity contribution >= 4 is 23.2 Å². The van der Waals surface area contributed by atoms with E-state index in [0.29, 0.717) is 32.8 Å². The second-order valence-electron chi connectivity index (χ2n) is 5.25. The third-order valence-electron chi connectivity index (χ3n) is 3.25. The van der Waals surface area contributed by atoms with Crippen LogP contribution < -0.4 is 10.6 Å². The van der Waals surface area contributed by atoms with Gasteiger partial charge in [0.05, 0.1) is 13.2 Å². The molecular formula is C14H22N4O3S. The molecule has 2 amide bonds. The Morgan fingerprint density at radius 1 is 1.45 bits per heavy atom. The lowest BCUT2D eigenvalue weighted by Crippen LogP contribution is -2.45. The number of amides is 2. The Hall–Kier alpha value is -1.51. The highest BCUT2D eigenvalue weighted by molar-refractivity contribution is 7.09. The van der Waals surface area contributed by atoms with Crippen molar-refractivity contribution in [3.63, 3.8) is 0 Å². The minimum absolute atomic E-state index is 0.0404. The maximum absolute atomic E-state index is 11.9. The number of nitrogens with one attached hydrogen (secondary N) is 2. The fourth-order valence-corrected chi connectivity index (χ4v) is 3.05. The molecule has 0 bridgehead atoms. The fraction of sp³-hybridized carbons (Fsp3) is 0.643. The van der Waals surface area contributed by atoms with E-state index in [9.17, 15) is 9.59 Å². The predicted molar refractivity (Wildman–Crippen MR) is 83.7 cm³/mol. The van der Waals surface area contributed by atoms with E-state index in [1.54, 1.807) is 11.3 Å². The first kappa shape index (κ1) is 16.9. The molecule has 122 valence electrons. The average Bonchev–Trinajstić information content (AvgIpc) is 2.90. The summed E-state index contributed by atoms with van der Waals surface area (Å²) in [5.41, 5.74) is 0.997. The molecular weight excluding hydrogens is 304 g/mol. The topological polar surface area (TPSA) is 83.6 Å². The largest absolute Gasteiger partial charge is 0.368 e. The van der Waals surface area contributed by atoms with E-state index in [-0.39, 0.29) is 17.9 Å². The SMILES string of the molecule is CC(=O)NCCNC(=O)CN1CCO[C@@H](c2nc(C)cs2)C1. The van der Waals surface area contributed by atoms with Crippen LogP contribution in [0.4, 0.5) is 0 Å². The summed E-state index contributed by atoms with van der Waals surface area (Å²) in [5.74, 6) is -0.134. The second-order valence-corrected chi connectivity index (χ2v) is 6.14. The lowest BCUT2D eigenvalue weighted by Gasteiger charge is -2.31. The summed E-state index contributed by atoms with van der Waals surface area (Å²) >= 11 is 1.59. The molecule has 2 heterocycles. The molecule has 8 heteroatoms. The van der Waals surface area contributed by atoms with Crippen molar-refractivity contribution < 1.29 is 14.3 Å². The zero-order chi connectivity index (χ0) is 15.9. The van der Waals surface area contributed by atoms with Crippen molar-refractivity contribution in [2.75, 3.05) is 39.3 Å². The molecule has 7 nitrogen and oxygen atoms in total. The third-order valence-corrected chi connectivity index (χ3v) is 4.31. The van der Waals surface area contributed by atoms with Crippen LogP contribution >= 0.6 is 11.3 Å². The molecule has 0 saturated carbocycles. The monoisotopic (exact) mass is 326 g/mol. The molecule has 1 aromatic rings. The van der Waals surface area contributed by atoms with Crippen molar-refractivity contribution in [2.45, 2.75) is 20.0 Å². The summed E-state index contributed by atoms with van der Waals surface area (Å²) in [6, 6.07) is 0. The van der Waals surface area contributed by atoms with Crippen molar-refractivity contribution in [1.82, 2.24) is 20.5 Å². The number of carbonyl (C=O) groups is 2. The summed E-state index contributed by atoms with van der Waals surface area (Å²) in [6.45, 7) is 6.65. The fourth-order valence-electron chi connectivity index (χ4n) is 2.22. The Bertz CT molecular complexity index is 520. The van der Waals surface area contributed by atoms with Crippen LogP contribution in [0.3, 0.4) is 0 Å². The Kier molecular flexibility index (Phi) is 6.29. The van der Waals surface area contributed by atoms with Gasteiger partial charge in [0.1, 0.15) is 11.1 Å². The molecule has 1 atom stereocenters. The van der Waals surface area contributed by atoms with Gasteiger partial charge in [-0.1, -0.05) is 0 Å². The van der Waals surface area contributed by atoms with Crippen molar-refractivity contribution in [3.8, 4) is 0 Å². The van der Waals surface area contributed by atoms with Crippen molar-refractivity contribution in [2.24, 2.45) is 0 Å². The van der Waals surface area contributed by atoms with Gasteiger partial charge in [0.2, 0.25) is 11.8 Å². The molecule has 2 rings (SSSR count). The normalized spacial score (nSPS) is 18.9. The minimum Gasteiger partial charge on any atom is -0.368 e. The number of nitrogens with zero attached hydrogens (tertiary/aromatic N) is 2. The summed E-state index contributed by atoms with van der Waals surface area (Å²) in [4.78, 5) is 29.1. The van der Waals surface area contributed by atoms with Gasteiger partial charge in [-0.05, 0) is 6.92 Å². The first-order valence-corrected chi connectivity index (χ1v) is 8.19. The Morgan fingerprint density at radius 3 is 2.91 bits per heavy atom. The quantitative estimate of drug-likeness (QED) is 0.723. The van der Waals surface area contributed by atoms with Crippen LogP contribution in [0.5, 0.6) is 0 Å². The molecule has 0 aromatic carbocycles. The number of morpholine rings is 1. The zero-order valence-corrected chi connectivity index (χ0v) is 13.7. The molecule has 0 aliphatic carbocycles. The van der Waals surface area contributed by atoms with E-state index in [0.717, 1.165) is 17.2 Å². The van der Waals surface area contributed by atoms with Crippen molar-refractivity contribution in [1.29, 1.82) is 0 Å². The summed E-state index contributed by atoms with van der Waals surface area (Å²) in [7, 11) is 0. The standard InChI is InChI=1S/C14H22N4O3S/c1-10-9-22-14(17-10)12-7-18(5-6-21-12)8-13(20)16-4-3-15-11(2)19/h9,12H,3-8H2,1-2H3,(H,15,19)(H,16,20)/t12-/m1/s1. The number of hydrogen-bond acceptors (Lipinski definition) is 6. The van der Waals surface area contributed by atoms with E-state index in [1.165, 1.54) is 6.92 Å². The van der Waals surface area contributed by atoms with Gasteiger partial charge >= 0.3 is 0 Å². The van der Waals surface area contributed by atoms with Gasteiger partial charge in [0.25, 0.3) is 0 Å². The van der Waals surface area contributed by atoms with Gasteiger partial charge in [-0.25, -0.2) is 4.98 Å². The number of rotatable bonds is 6. The highest BCUT2D eigenvalue weighted by atomic mass is 32.1. The molecule has 1 saturated heterocycles. The number of ether oxygens (including phenoxy) is 1. The maximum Gasteiger partial charge on any atom is 0.234 e. The Labute approximate surface area is 134 Å². The number of hydrogen-bond donors (Lipinski definition) is 2. The average molecular weight is 326 g/mol. The lowest BCUT2D eigenvalue weighted by atomic mass is 10.2. The van der Waals surface area contributed by atoms with Crippen molar-refractivity contribution in [3.05, 3.63) is 16.1 Å². The van der Waals surface area contributed by atoms with Gasteiger partial charge in [-0.3, -0.25) is 14.5 Å². The van der Waals surface area contributed by atoms with Gasteiger partial charge < -0.3 is 15.4 Å². The second kappa shape index (κ2) is 8.21. The van der Waals surface area contributed by atoms with Crippen LogP contribution in [-0.2, 0) is 14.3 Å². The third kappa shape index (κ3) is 5.36. The number of aryl methyl sites for hydroxylation is 1. The van der Waals surface area contributed by atoms with Crippen LogP contribution in [-0.4, -0.2) is 61.0 Å². The molecule has 1 aliphatic rings. The number of aromatic nitrogens is 1. The van der Waals surface area contributed by atoms with Crippen LogP contribution in [0.15, 0.2) is 5.38 Å². The van der Waals surface area contributed by atoms with Crippen LogP contribution in [0.2, 0.25) is 0 Å². The number of thiazole rings is 1. The van der Waals surface area contributed by atoms with E-state index in [1.807, 2.05) is 12.3 Å². The first-order valence-electron chi connectivity index (χ1n) is 7.31. The molecule has 2 N–H and O–H groups in total. The van der Waals surface area contributed by atoms with E-state index >= 15 is 0 Å². The summed E-state index contributed by atoms with van der Waals surface area (Å²) in [6.07, 6.45) is -0.0559. The summed E-state index contributed by atoms with van der Waals surface area (Å²) < 4.78 is 5.74. The molecule has 0 spiro atoms. The first-order chi connectivity index (χ1) is 10.5.